The van der Waals surface area contributed by atoms with Crippen molar-refractivity contribution >= 4 is 27.4 Å². The van der Waals surface area contributed by atoms with Gasteiger partial charge in [0.05, 0.1) is 4.90 Å². The van der Waals surface area contributed by atoms with Gasteiger partial charge in [0.25, 0.3) is 0 Å². The zero-order chi connectivity index (χ0) is 15.3. The normalized spacial score (nSPS) is 11.3. The summed E-state index contributed by atoms with van der Waals surface area (Å²) in [4.78, 5) is 4.18. The molecule has 0 fully saturated rings. The molecule has 1 heterocycles. The van der Waals surface area contributed by atoms with Gasteiger partial charge in [-0.05, 0) is 30.2 Å². The highest BCUT2D eigenvalue weighted by molar-refractivity contribution is 7.89. The molecule has 21 heavy (non-hydrogen) atoms. The highest BCUT2D eigenvalue weighted by atomic mass is 35.5. The molecule has 0 spiro atoms. The van der Waals surface area contributed by atoms with Crippen LogP contribution in [0, 0.1) is 0 Å². The Hall–Kier alpha value is -1.63. The second-order valence-corrected chi connectivity index (χ2v) is 6.60. The van der Waals surface area contributed by atoms with E-state index < -0.39 is 10.0 Å². The minimum Gasteiger partial charge on any atom is -0.373 e. The Balaban J connectivity index is 1.99. The van der Waals surface area contributed by atoms with Gasteiger partial charge in [0.2, 0.25) is 10.0 Å². The van der Waals surface area contributed by atoms with Gasteiger partial charge in [0.1, 0.15) is 5.82 Å². The molecule has 5 nitrogen and oxygen atoms in total. The number of pyridine rings is 1. The minimum atomic E-state index is -3.53. The molecule has 2 rings (SSSR count). The van der Waals surface area contributed by atoms with Crippen molar-refractivity contribution in [2.45, 2.75) is 11.3 Å². The van der Waals surface area contributed by atoms with Crippen molar-refractivity contribution in [3.05, 3.63) is 53.2 Å². The second-order valence-electron chi connectivity index (χ2n) is 4.40. The molecule has 0 atom stereocenters. The first-order valence-corrected chi connectivity index (χ1v) is 8.25. The molecule has 0 radical (unpaired) electrons. The molecule has 2 N–H and O–H groups in total. The van der Waals surface area contributed by atoms with E-state index in [0.29, 0.717) is 23.8 Å². The van der Waals surface area contributed by atoms with Gasteiger partial charge in [-0.1, -0.05) is 23.7 Å². The Morgan fingerprint density at radius 1 is 1.19 bits per heavy atom. The molecule has 0 bridgehead atoms. The Morgan fingerprint density at radius 3 is 2.57 bits per heavy atom. The van der Waals surface area contributed by atoms with Crippen LogP contribution in [0.1, 0.15) is 5.56 Å². The Kier molecular flexibility index (Phi) is 5.17. The van der Waals surface area contributed by atoms with Crippen LogP contribution in [0.4, 0.5) is 5.82 Å². The van der Waals surface area contributed by atoms with Gasteiger partial charge >= 0.3 is 0 Å². The molecule has 0 aliphatic carbocycles. The van der Waals surface area contributed by atoms with E-state index in [4.69, 9.17) is 11.6 Å². The van der Waals surface area contributed by atoms with Crippen molar-refractivity contribution in [2.24, 2.45) is 0 Å². The van der Waals surface area contributed by atoms with Crippen LogP contribution in [0.2, 0.25) is 5.02 Å². The van der Waals surface area contributed by atoms with E-state index >= 15 is 0 Å². The zero-order valence-electron chi connectivity index (χ0n) is 11.5. The number of anilines is 1. The number of nitrogens with zero attached hydrogens (tertiary/aromatic N) is 1. The van der Waals surface area contributed by atoms with Crippen LogP contribution in [0.25, 0.3) is 0 Å². The fourth-order valence-electron chi connectivity index (χ4n) is 1.78. The van der Waals surface area contributed by atoms with E-state index in [-0.39, 0.29) is 4.90 Å². The Bertz CT molecular complexity index is 702. The lowest BCUT2D eigenvalue weighted by Crippen LogP contribution is -2.26. The zero-order valence-corrected chi connectivity index (χ0v) is 13.1. The maximum atomic E-state index is 12.2. The second kappa shape index (κ2) is 6.89. The van der Waals surface area contributed by atoms with E-state index in [1.165, 1.54) is 18.3 Å². The van der Waals surface area contributed by atoms with Gasteiger partial charge in [0.15, 0.2) is 0 Å². The summed E-state index contributed by atoms with van der Waals surface area (Å²) in [5.74, 6) is 0.510. The first-order valence-electron chi connectivity index (χ1n) is 6.39. The summed E-state index contributed by atoms with van der Waals surface area (Å²) in [6.07, 6.45) is 2.06. The summed E-state index contributed by atoms with van der Waals surface area (Å²) in [5.41, 5.74) is 1.02. The number of rotatable bonds is 6. The SMILES string of the molecule is CNc1cc(S(=O)(=O)NCCc2ccc(Cl)cc2)ccn1. The summed E-state index contributed by atoms with van der Waals surface area (Å²) in [5, 5.41) is 3.47. The number of benzene rings is 1. The molecule has 2 aromatic rings. The molecular weight excluding hydrogens is 310 g/mol. The fourth-order valence-corrected chi connectivity index (χ4v) is 2.95. The Morgan fingerprint density at radius 2 is 1.90 bits per heavy atom. The summed E-state index contributed by atoms with van der Waals surface area (Å²) < 4.78 is 26.9. The molecule has 112 valence electrons. The summed E-state index contributed by atoms with van der Waals surface area (Å²) in [6, 6.07) is 10.3. The number of halogens is 1. The van der Waals surface area contributed by atoms with Gasteiger partial charge in [-0.2, -0.15) is 0 Å². The van der Waals surface area contributed by atoms with Crippen LogP contribution in [-0.4, -0.2) is 27.0 Å². The number of nitrogens with one attached hydrogen (secondary N) is 2. The van der Waals surface area contributed by atoms with Crippen LogP contribution >= 0.6 is 11.6 Å². The van der Waals surface area contributed by atoms with Crippen molar-refractivity contribution in [2.75, 3.05) is 18.9 Å². The molecule has 0 saturated heterocycles. The molecule has 0 saturated carbocycles. The van der Waals surface area contributed by atoms with Gasteiger partial charge in [-0.15, -0.1) is 0 Å². The van der Waals surface area contributed by atoms with E-state index in [1.54, 1.807) is 19.2 Å². The molecule has 0 unspecified atom stereocenters. The lowest BCUT2D eigenvalue weighted by Gasteiger charge is -2.08. The highest BCUT2D eigenvalue weighted by Crippen LogP contribution is 2.13. The average Bonchev–Trinajstić information content (AvgIpc) is 2.49. The molecular formula is C14H16ClN3O2S. The van der Waals surface area contributed by atoms with Gasteiger partial charge in [0, 0.05) is 30.9 Å². The maximum Gasteiger partial charge on any atom is 0.240 e. The third kappa shape index (κ3) is 4.42. The third-order valence-corrected chi connectivity index (χ3v) is 4.63. The van der Waals surface area contributed by atoms with Crippen LogP contribution in [0.5, 0.6) is 0 Å². The molecule has 1 aromatic heterocycles. The van der Waals surface area contributed by atoms with Crippen molar-refractivity contribution < 1.29 is 8.42 Å². The van der Waals surface area contributed by atoms with Crippen molar-refractivity contribution in [3.63, 3.8) is 0 Å². The van der Waals surface area contributed by atoms with Crippen molar-refractivity contribution in [3.8, 4) is 0 Å². The molecule has 0 amide bonds. The van der Waals surface area contributed by atoms with E-state index in [1.807, 2.05) is 12.1 Å². The number of sulfonamides is 1. The third-order valence-electron chi connectivity index (χ3n) is 2.92. The van der Waals surface area contributed by atoms with Crippen molar-refractivity contribution in [1.29, 1.82) is 0 Å². The van der Waals surface area contributed by atoms with Crippen LogP contribution in [-0.2, 0) is 16.4 Å². The maximum absolute atomic E-state index is 12.2. The van der Waals surface area contributed by atoms with E-state index in [2.05, 4.69) is 15.0 Å². The van der Waals surface area contributed by atoms with Gasteiger partial charge in [-0.25, -0.2) is 18.1 Å². The number of hydrogen-bond donors (Lipinski definition) is 2. The smallest absolute Gasteiger partial charge is 0.240 e. The molecule has 0 aliphatic rings. The standard InChI is InChI=1S/C14H16ClN3O2S/c1-16-14-10-13(7-8-17-14)21(19,20)18-9-6-11-2-4-12(15)5-3-11/h2-5,7-8,10,18H,6,9H2,1H3,(H,16,17). The monoisotopic (exact) mass is 325 g/mol. The quantitative estimate of drug-likeness (QED) is 0.855. The average molecular weight is 326 g/mol. The van der Waals surface area contributed by atoms with Crippen LogP contribution in [0.3, 0.4) is 0 Å². The van der Waals surface area contributed by atoms with Crippen molar-refractivity contribution in [1.82, 2.24) is 9.71 Å². The first kappa shape index (κ1) is 15.8. The van der Waals surface area contributed by atoms with E-state index in [0.717, 1.165) is 5.56 Å². The van der Waals surface area contributed by atoms with Crippen LogP contribution < -0.4 is 10.0 Å². The lowest BCUT2D eigenvalue weighted by atomic mass is 10.2. The Labute approximate surface area is 129 Å². The lowest BCUT2D eigenvalue weighted by molar-refractivity contribution is 0.581. The molecule has 7 heteroatoms. The largest absolute Gasteiger partial charge is 0.373 e. The summed E-state index contributed by atoms with van der Waals surface area (Å²) >= 11 is 5.80. The minimum absolute atomic E-state index is 0.193. The predicted octanol–water partition coefficient (Wildman–Crippen LogP) is 2.30. The predicted molar refractivity (Wildman–Crippen MR) is 84.1 cm³/mol. The summed E-state index contributed by atoms with van der Waals surface area (Å²) in [7, 11) is -1.84. The van der Waals surface area contributed by atoms with Gasteiger partial charge < -0.3 is 5.32 Å². The fraction of sp³-hybridized carbons (Fsp3) is 0.214. The number of aromatic nitrogens is 1. The summed E-state index contributed by atoms with van der Waals surface area (Å²) in [6.45, 7) is 0.321. The molecule has 0 aliphatic heterocycles. The van der Waals surface area contributed by atoms with E-state index in [9.17, 15) is 8.42 Å². The van der Waals surface area contributed by atoms with Gasteiger partial charge in [-0.3, -0.25) is 0 Å². The number of hydrogen-bond acceptors (Lipinski definition) is 4. The highest BCUT2D eigenvalue weighted by Gasteiger charge is 2.13. The molecule has 1 aromatic carbocycles. The topological polar surface area (TPSA) is 71.1 Å². The first-order chi connectivity index (χ1) is 10.0. The van der Waals surface area contributed by atoms with Crippen LogP contribution in [0.15, 0.2) is 47.5 Å².